The summed E-state index contributed by atoms with van der Waals surface area (Å²) in [4.78, 5) is 15.1. The third-order valence-corrected chi connectivity index (χ3v) is 5.37. The lowest BCUT2D eigenvalue weighted by molar-refractivity contribution is 0.0787. The van der Waals surface area contributed by atoms with Crippen LogP contribution in [-0.2, 0) is 0 Å². The second kappa shape index (κ2) is 6.12. The van der Waals surface area contributed by atoms with Crippen LogP contribution in [0.25, 0.3) is 5.69 Å². The van der Waals surface area contributed by atoms with Gasteiger partial charge in [-0.2, -0.15) is 0 Å². The molecule has 2 aliphatic rings. The Morgan fingerprint density at radius 2 is 1.85 bits per heavy atom. The van der Waals surface area contributed by atoms with Crippen molar-refractivity contribution in [3.63, 3.8) is 0 Å². The molecule has 5 rings (SSSR count). The van der Waals surface area contributed by atoms with Gasteiger partial charge < -0.3 is 9.47 Å². The molecule has 1 saturated carbocycles. The van der Waals surface area contributed by atoms with Gasteiger partial charge in [-0.1, -0.05) is 17.3 Å². The van der Waals surface area contributed by atoms with Crippen LogP contribution in [0, 0.1) is 0 Å². The smallest absolute Gasteiger partial charge is 0.256 e. The third-order valence-electron chi connectivity index (χ3n) is 5.37. The molecule has 1 aromatic carbocycles. The first-order chi connectivity index (χ1) is 12.8. The number of aromatic nitrogens is 4. The van der Waals surface area contributed by atoms with Crippen LogP contribution < -0.4 is 0 Å². The van der Waals surface area contributed by atoms with Crippen molar-refractivity contribution < 1.29 is 4.79 Å². The average Bonchev–Trinajstić information content (AvgIpc) is 3.14. The molecule has 3 heterocycles. The Kier molecular flexibility index (Phi) is 3.62. The Morgan fingerprint density at radius 3 is 2.65 bits per heavy atom. The lowest BCUT2D eigenvalue weighted by atomic mass is 10.1. The van der Waals surface area contributed by atoms with Crippen LogP contribution in [0.2, 0.25) is 0 Å². The van der Waals surface area contributed by atoms with E-state index >= 15 is 0 Å². The Bertz CT molecular complexity index is 925. The van der Waals surface area contributed by atoms with Gasteiger partial charge in [0.1, 0.15) is 0 Å². The number of hydrogen-bond donors (Lipinski definition) is 0. The van der Waals surface area contributed by atoms with E-state index < -0.39 is 0 Å². The quantitative estimate of drug-likeness (QED) is 0.729. The fourth-order valence-corrected chi connectivity index (χ4v) is 3.72. The van der Waals surface area contributed by atoms with Gasteiger partial charge in [0.15, 0.2) is 0 Å². The number of benzene rings is 1. The topological polar surface area (TPSA) is 56.0 Å². The number of rotatable bonds is 4. The lowest BCUT2D eigenvalue weighted by Gasteiger charge is -2.19. The number of amides is 1. The normalized spacial score (nSPS) is 19.8. The van der Waals surface area contributed by atoms with E-state index in [1.807, 2.05) is 62.9 Å². The summed E-state index contributed by atoms with van der Waals surface area (Å²) in [6, 6.07) is 11.9. The molecule has 0 radical (unpaired) electrons. The minimum absolute atomic E-state index is 0.0827. The summed E-state index contributed by atoms with van der Waals surface area (Å²) in [7, 11) is 0. The maximum Gasteiger partial charge on any atom is 0.256 e. The molecule has 1 aliphatic carbocycles. The number of nitrogens with zero attached hydrogens (tertiary/aromatic N) is 5. The van der Waals surface area contributed by atoms with Gasteiger partial charge in [0.05, 0.1) is 23.0 Å². The van der Waals surface area contributed by atoms with Gasteiger partial charge in [-0.3, -0.25) is 4.79 Å². The van der Waals surface area contributed by atoms with Crippen molar-refractivity contribution in [2.45, 2.75) is 31.2 Å². The van der Waals surface area contributed by atoms with Gasteiger partial charge in [0, 0.05) is 37.6 Å². The predicted molar refractivity (Wildman–Crippen MR) is 97.3 cm³/mol. The number of hydrogen-bond acceptors (Lipinski definition) is 3. The highest BCUT2D eigenvalue weighted by Gasteiger charge is 2.32. The molecule has 2 fully saturated rings. The van der Waals surface area contributed by atoms with Crippen LogP contribution in [0.15, 0.2) is 55.0 Å². The minimum Gasteiger partial charge on any atom is -0.336 e. The second-order valence-corrected chi connectivity index (χ2v) is 7.20. The standard InChI is InChI=1S/C20H21N5O/c26-20(17-5-1-2-6-19(17)23-10-3-4-11-23)24-12-9-16(13-24)25-14-18(21-22-25)15-7-8-15/h1-6,10-11,14-16H,7-9,12-13H2. The van der Waals surface area contributed by atoms with Crippen LogP contribution in [0.1, 0.15) is 47.3 Å². The molecular formula is C20H21N5O. The molecule has 26 heavy (non-hydrogen) atoms. The summed E-state index contributed by atoms with van der Waals surface area (Å²) in [5.74, 6) is 0.690. The van der Waals surface area contributed by atoms with E-state index in [2.05, 4.69) is 16.5 Å². The lowest BCUT2D eigenvalue weighted by Crippen LogP contribution is -2.30. The summed E-state index contributed by atoms with van der Waals surface area (Å²) in [5.41, 5.74) is 2.76. The molecule has 1 atom stereocenters. The first kappa shape index (κ1) is 15.4. The molecule has 1 amide bonds. The maximum atomic E-state index is 13.1. The molecule has 6 nitrogen and oxygen atoms in total. The van der Waals surface area contributed by atoms with Crippen LogP contribution in [0.3, 0.4) is 0 Å². The third kappa shape index (κ3) is 2.71. The average molecular weight is 347 g/mol. The first-order valence-electron chi connectivity index (χ1n) is 9.23. The van der Waals surface area contributed by atoms with Crippen LogP contribution in [0.4, 0.5) is 0 Å². The van der Waals surface area contributed by atoms with E-state index in [9.17, 15) is 4.79 Å². The molecule has 0 N–H and O–H groups in total. The van der Waals surface area contributed by atoms with Crippen molar-refractivity contribution >= 4 is 5.91 Å². The van der Waals surface area contributed by atoms with Crippen molar-refractivity contribution in [2.75, 3.05) is 13.1 Å². The highest BCUT2D eigenvalue weighted by atomic mass is 16.2. The van der Waals surface area contributed by atoms with Crippen molar-refractivity contribution in [2.24, 2.45) is 0 Å². The Hall–Kier alpha value is -2.89. The van der Waals surface area contributed by atoms with Crippen molar-refractivity contribution in [3.05, 3.63) is 66.2 Å². The van der Waals surface area contributed by atoms with Gasteiger partial charge in [0.25, 0.3) is 5.91 Å². The van der Waals surface area contributed by atoms with E-state index in [1.54, 1.807) is 0 Å². The zero-order chi connectivity index (χ0) is 17.5. The van der Waals surface area contributed by atoms with E-state index in [0.717, 1.165) is 29.9 Å². The molecule has 2 aromatic heterocycles. The summed E-state index contributed by atoms with van der Waals surface area (Å²) < 4.78 is 3.94. The molecule has 6 heteroatoms. The van der Waals surface area contributed by atoms with Gasteiger partial charge in [-0.05, 0) is 43.5 Å². The Balaban J connectivity index is 1.35. The van der Waals surface area contributed by atoms with Crippen molar-refractivity contribution in [1.82, 2.24) is 24.5 Å². The number of carbonyl (C=O) groups is 1. The number of carbonyl (C=O) groups excluding carboxylic acids is 1. The summed E-state index contributed by atoms with van der Waals surface area (Å²) in [5, 5.41) is 8.61. The second-order valence-electron chi connectivity index (χ2n) is 7.20. The van der Waals surface area contributed by atoms with E-state index in [-0.39, 0.29) is 11.9 Å². The number of para-hydroxylation sites is 1. The summed E-state index contributed by atoms with van der Waals surface area (Å²) in [6.45, 7) is 1.44. The number of likely N-dealkylation sites (tertiary alicyclic amines) is 1. The fourth-order valence-electron chi connectivity index (χ4n) is 3.72. The van der Waals surface area contributed by atoms with E-state index in [1.165, 1.54) is 12.8 Å². The van der Waals surface area contributed by atoms with Gasteiger partial charge in [-0.15, -0.1) is 5.10 Å². The van der Waals surface area contributed by atoms with Gasteiger partial charge in [0.2, 0.25) is 0 Å². The molecule has 1 aliphatic heterocycles. The zero-order valence-electron chi connectivity index (χ0n) is 14.5. The molecule has 0 spiro atoms. The molecule has 0 bridgehead atoms. The van der Waals surface area contributed by atoms with E-state index in [4.69, 9.17) is 0 Å². The minimum atomic E-state index is 0.0827. The molecular weight excluding hydrogens is 326 g/mol. The SMILES string of the molecule is O=C(c1ccccc1-n1cccc1)N1CCC(n2cc(C3CC3)nn2)C1. The maximum absolute atomic E-state index is 13.1. The van der Waals surface area contributed by atoms with Crippen molar-refractivity contribution in [1.29, 1.82) is 0 Å². The highest BCUT2D eigenvalue weighted by molar-refractivity contribution is 5.98. The van der Waals surface area contributed by atoms with Crippen LogP contribution in [-0.4, -0.2) is 43.5 Å². The molecule has 3 aromatic rings. The van der Waals surface area contributed by atoms with Gasteiger partial charge >= 0.3 is 0 Å². The molecule has 1 unspecified atom stereocenters. The van der Waals surface area contributed by atoms with Gasteiger partial charge in [-0.25, -0.2) is 4.68 Å². The highest BCUT2D eigenvalue weighted by Crippen LogP contribution is 2.39. The largest absolute Gasteiger partial charge is 0.336 e. The predicted octanol–water partition coefficient (Wildman–Crippen LogP) is 3.03. The Morgan fingerprint density at radius 1 is 1.04 bits per heavy atom. The first-order valence-corrected chi connectivity index (χ1v) is 9.23. The monoisotopic (exact) mass is 347 g/mol. The molecule has 132 valence electrons. The van der Waals surface area contributed by atoms with Crippen LogP contribution >= 0.6 is 0 Å². The molecule has 1 saturated heterocycles. The fraction of sp³-hybridized carbons (Fsp3) is 0.350. The Labute approximate surface area is 152 Å². The zero-order valence-corrected chi connectivity index (χ0v) is 14.5. The van der Waals surface area contributed by atoms with Crippen molar-refractivity contribution in [3.8, 4) is 5.69 Å². The van der Waals surface area contributed by atoms with E-state index in [0.29, 0.717) is 12.5 Å². The summed E-state index contributed by atoms with van der Waals surface area (Å²) >= 11 is 0. The van der Waals surface area contributed by atoms with Crippen LogP contribution in [0.5, 0.6) is 0 Å². The summed E-state index contributed by atoms with van der Waals surface area (Å²) in [6.07, 6.45) is 9.38.